The second-order valence-electron chi connectivity index (χ2n) is 7.90. The van der Waals surface area contributed by atoms with Crippen LogP contribution >= 0.6 is 0 Å². The van der Waals surface area contributed by atoms with Crippen molar-refractivity contribution in [3.05, 3.63) is 34.4 Å². The highest BCUT2D eigenvalue weighted by Crippen LogP contribution is 2.57. The lowest BCUT2D eigenvalue weighted by atomic mass is 9.64. The molecule has 1 fully saturated rings. The molecule has 124 valence electrons. The van der Waals surface area contributed by atoms with Crippen LogP contribution in [0.2, 0.25) is 0 Å². The van der Waals surface area contributed by atoms with Gasteiger partial charge in [0.15, 0.2) is 0 Å². The van der Waals surface area contributed by atoms with Crippen molar-refractivity contribution >= 4 is 5.97 Å². The Morgan fingerprint density at radius 1 is 1.22 bits per heavy atom. The quantitative estimate of drug-likeness (QED) is 0.809. The molecule has 0 amide bonds. The average Bonchev–Trinajstić information content (AvgIpc) is 2.83. The van der Waals surface area contributed by atoms with E-state index in [1.54, 1.807) is 5.56 Å². The Kier molecular flexibility index (Phi) is 3.53. The van der Waals surface area contributed by atoms with Gasteiger partial charge in [-0.3, -0.25) is 4.79 Å². The summed E-state index contributed by atoms with van der Waals surface area (Å²) in [4.78, 5) is 11.4. The third-order valence-corrected chi connectivity index (χ3v) is 6.59. The highest BCUT2D eigenvalue weighted by molar-refractivity contribution is 5.66. The SMILES string of the molecule is CC(=O)O[C@H]1CCC2c3ccc4c(c3CCC21C)CC[C@H](O)C4. The fraction of sp³-hybridized carbons (Fsp3) is 0.650. The summed E-state index contributed by atoms with van der Waals surface area (Å²) in [5, 5.41) is 9.92. The van der Waals surface area contributed by atoms with Gasteiger partial charge in [-0.2, -0.15) is 0 Å². The predicted molar refractivity (Wildman–Crippen MR) is 88.4 cm³/mol. The molecule has 0 heterocycles. The summed E-state index contributed by atoms with van der Waals surface area (Å²) in [6.07, 6.45) is 6.88. The maximum absolute atomic E-state index is 11.4. The Morgan fingerprint density at radius 3 is 2.83 bits per heavy atom. The number of carbonyl (C=O) groups is 1. The molecule has 1 saturated carbocycles. The van der Waals surface area contributed by atoms with E-state index in [0.29, 0.717) is 5.92 Å². The topological polar surface area (TPSA) is 46.5 Å². The first-order valence-corrected chi connectivity index (χ1v) is 8.98. The summed E-state index contributed by atoms with van der Waals surface area (Å²) in [5.41, 5.74) is 5.97. The molecule has 1 aromatic rings. The normalized spacial score (nSPS) is 35.2. The summed E-state index contributed by atoms with van der Waals surface area (Å²) in [6, 6.07) is 4.53. The Hall–Kier alpha value is -1.35. The van der Waals surface area contributed by atoms with Gasteiger partial charge in [-0.05, 0) is 73.1 Å². The molecular weight excluding hydrogens is 288 g/mol. The highest BCUT2D eigenvalue weighted by Gasteiger charge is 2.51. The molecule has 2 unspecified atom stereocenters. The number of benzene rings is 1. The smallest absolute Gasteiger partial charge is 0.302 e. The number of carbonyl (C=O) groups excluding carboxylic acids is 1. The fourth-order valence-electron chi connectivity index (χ4n) is 5.39. The largest absolute Gasteiger partial charge is 0.462 e. The van der Waals surface area contributed by atoms with E-state index in [9.17, 15) is 9.90 Å². The molecule has 1 N–H and O–H groups in total. The minimum absolute atomic E-state index is 0.0657. The van der Waals surface area contributed by atoms with E-state index < -0.39 is 0 Å². The first-order chi connectivity index (χ1) is 11.0. The molecule has 3 heteroatoms. The van der Waals surface area contributed by atoms with Crippen LogP contribution in [0.5, 0.6) is 0 Å². The molecule has 3 aliphatic carbocycles. The lowest BCUT2D eigenvalue weighted by Gasteiger charge is -2.42. The zero-order valence-electron chi connectivity index (χ0n) is 14.1. The molecule has 23 heavy (non-hydrogen) atoms. The molecular formula is C20H26O3. The Bertz CT molecular complexity index is 651. The third kappa shape index (κ3) is 2.32. The van der Waals surface area contributed by atoms with E-state index in [1.165, 1.54) is 23.6 Å². The third-order valence-electron chi connectivity index (χ3n) is 6.59. The van der Waals surface area contributed by atoms with E-state index in [-0.39, 0.29) is 23.6 Å². The minimum Gasteiger partial charge on any atom is -0.462 e. The van der Waals surface area contributed by atoms with E-state index in [0.717, 1.165) is 44.9 Å². The summed E-state index contributed by atoms with van der Waals surface area (Å²) >= 11 is 0. The maximum atomic E-state index is 11.4. The van der Waals surface area contributed by atoms with Crippen molar-refractivity contribution in [2.45, 2.75) is 76.9 Å². The number of rotatable bonds is 1. The zero-order valence-corrected chi connectivity index (χ0v) is 14.1. The van der Waals surface area contributed by atoms with Gasteiger partial charge in [-0.1, -0.05) is 19.1 Å². The van der Waals surface area contributed by atoms with Crippen molar-refractivity contribution in [1.29, 1.82) is 0 Å². The lowest BCUT2D eigenvalue weighted by molar-refractivity contribution is -0.152. The van der Waals surface area contributed by atoms with Gasteiger partial charge in [0.2, 0.25) is 0 Å². The second kappa shape index (κ2) is 5.34. The van der Waals surface area contributed by atoms with Crippen LogP contribution in [0, 0.1) is 5.41 Å². The molecule has 4 rings (SSSR count). The maximum Gasteiger partial charge on any atom is 0.302 e. The second-order valence-corrected chi connectivity index (χ2v) is 7.90. The summed E-state index contributed by atoms with van der Waals surface area (Å²) in [5.74, 6) is 0.356. The molecule has 0 spiro atoms. The van der Waals surface area contributed by atoms with Crippen LogP contribution in [0.1, 0.15) is 67.7 Å². The molecule has 3 nitrogen and oxygen atoms in total. The number of hydrogen-bond donors (Lipinski definition) is 1. The monoisotopic (exact) mass is 314 g/mol. The van der Waals surface area contributed by atoms with Crippen molar-refractivity contribution in [3.63, 3.8) is 0 Å². The van der Waals surface area contributed by atoms with Gasteiger partial charge in [-0.15, -0.1) is 0 Å². The fourth-order valence-corrected chi connectivity index (χ4v) is 5.39. The Balaban J connectivity index is 1.71. The molecule has 1 aromatic carbocycles. The number of aliphatic hydroxyl groups excluding tert-OH is 1. The van der Waals surface area contributed by atoms with E-state index >= 15 is 0 Å². The van der Waals surface area contributed by atoms with Crippen LogP contribution in [-0.4, -0.2) is 23.3 Å². The molecule has 0 radical (unpaired) electrons. The van der Waals surface area contributed by atoms with Gasteiger partial charge in [-0.25, -0.2) is 0 Å². The van der Waals surface area contributed by atoms with Gasteiger partial charge in [0, 0.05) is 12.3 Å². The van der Waals surface area contributed by atoms with Crippen molar-refractivity contribution in [3.8, 4) is 0 Å². The molecule has 0 aliphatic heterocycles. The number of hydrogen-bond acceptors (Lipinski definition) is 3. The van der Waals surface area contributed by atoms with Crippen molar-refractivity contribution in [1.82, 2.24) is 0 Å². The van der Waals surface area contributed by atoms with Crippen LogP contribution < -0.4 is 0 Å². The van der Waals surface area contributed by atoms with Gasteiger partial charge < -0.3 is 9.84 Å². The summed E-state index contributed by atoms with van der Waals surface area (Å²) in [6.45, 7) is 3.83. The van der Waals surface area contributed by atoms with Crippen molar-refractivity contribution < 1.29 is 14.6 Å². The molecule has 0 aromatic heterocycles. The Morgan fingerprint density at radius 2 is 2.04 bits per heavy atom. The van der Waals surface area contributed by atoms with E-state index in [2.05, 4.69) is 19.1 Å². The van der Waals surface area contributed by atoms with Gasteiger partial charge >= 0.3 is 5.97 Å². The van der Waals surface area contributed by atoms with Crippen molar-refractivity contribution in [2.24, 2.45) is 5.41 Å². The van der Waals surface area contributed by atoms with Crippen LogP contribution in [0.4, 0.5) is 0 Å². The minimum atomic E-state index is -0.172. The van der Waals surface area contributed by atoms with Crippen LogP contribution in [0.15, 0.2) is 12.1 Å². The van der Waals surface area contributed by atoms with Crippen LogP contribution in [0.25, 0.3) is 0 Å². The predicted octanol–water partition coefficient (Wildman–Crippen LogP) is 3.30. The number of ether oxygens (including phenoxy) is 1. The summed E-state index contributed by atoms with van der Waals surface area (Å²) < 4.78 is 5.65. The van der Waals surface area contributed by atoms with Gasteiger partial charge in [0.05, 0.1) is 6.10 Å². The van der Waals surface area contributed by atoms with Gasteiger partial charge in [0.25, 0.3) is 0 Å². The molecule has 3 aliphatic rings. The number of fused-ring (bicyclic) bond motifs is 5. The number of aliphatic hydroxyl groups is 1. The standard InChI is InChI=1S/C20H26O3/c1-12(21)23-19-8-7-18-17-5-3-13-11-14(22)4-6-15(13)16(17)9-10-20(18,19)2/h3,5,14,18-19,22H,4,6-11H2,1-2H3/t14-,18?,19-,20?/m0/s1. The first-order valence-electron chi connectivity index (χ1n) is 8.98. The first kappa shape index (κ1) is 15.2. The highest BCUT2D eigenvalue weighted by atomic mass is 16.5. The molecule has 4 atom stereocenters. The van der Waals surface area contributed by atoms with Crippen LogP contribution in [0.3, 0.4) is 0 Å². The Labute approximate surface area is 138 Å². The molecule has 0 bridgehead atoms. The summed E-state index contributed by atoms with van der Waals surface area (Å²) in [7, 11) is 0. The van der Waals surface area contributed by atoms with E-state index in [1.807, 2.05) is 0 Å². The zero-order chi connectivity index (χ0) is 16.2. The number of esters is 1. The van der Waals surface area contributed by atoms with Gasteiger partial charge in [0.1, 0.15) is 6.10 Å². The average molecular weight is 314 g/mol. The molecule has 0 saturated heterocycles. The lowest BCUT2D eigenvalue weighted by Crippen LogP contribution is -2.38. The van der Waals surface area contributed by atoms with Crippen LogP contribution in [-0.2, 0) is 28.8 Å². The van der Waals surface area contributed by atoms with E-state index in [4.69, 9.17) is 4.74 Å². The van der Waals surface area contributed by atoms with Crippen molar-refractivity contribution in [2.75, 3.05) is 0 Å².